The number of rotatable bonds is 17. The molecule has 0 heterocycles. The summed E-state index contributed by atoms with van der Waals surface area (Å²) >= 11 is 5.95. The number of hydrogen-bond acceptors (Lipinski definition) is 2. The van der Waals surface area contributed by atoms with Gasteiger partial charge in [-0.3, -0.25) is 0 Å². The average Bonchev–Trinajstić information content (AvgIpc) is 2.56. The van der Waals surface area contributed by atoms with Gasteiger partial charge in [0, 0.05) is 0 Å². The Hall–Kier alpha value is 0.210. The van der Waals surface area contributed by atoms with Crippen LogP contribution >= 0.6 is 11.6 Å². The molecule has 0 aromatic carbocycles. The van der Waals surface area contributed by atoms with Crippen LogP contribution in [-0.4, -0.2) is 28.8 Å². The van der Waals surface area contributed by atoms with Gasteiger partial charge in [-0.25, -0.2) is 0 Å². The summed E-state index contributed by atoms with van der Waals surface area (Å²) in [5.74, 6) is 0.809. The second kappa shape index (κ2) is 15.3. The minimum atomic E-state index is -0.110. The fourth-order valence-electron chi connectivity index (χ4n) is 3.33. The van der Waals surface area contributed by atoms with Gasteiger partial charge >= 0.3 is 0 Å². The first-order valence-electron chi connectivity index (χ1n) is 10.8. The minimum Gasteiger partial charge on any atom is -0.393 e. The van der Waals surface area contributed by atoms with E-state index in [0.717, 1.165) is 38.0 Å². The van der Waals surface area contributed by atoms with Gasteiger partial charge in [-0.15, -0.1) is 11.6 Å². The first-order valence-corrected chi connectivity index (χ1v) is 11.2. The van der Waals surface area contributed by atoms with Crippen LogP contribution in [0, 0.1) is 5.92 Å². The molecule has 152 valence electrons. The number of unbranched alkanes of at least 4 members (excludes halogenated alkanes) is 4. The molecule has 0 aliphatic rings. The zero-order valence-corrected chi connectivity index (χ0v) is 18.4. The zero-order chi connectivity index (χ0) is 19.1. The Morgan fingerprint density at radius 2 is 1.60 bits per heavy atom. The molecule has 0 aromatic rings. The highest BCUT2D eigenvalue weighted by molar-refractivity contribution is 6.20. The lowest BCUT2D eigenvalue weighted by Crippen LogP contribution is -2.27. The van der Waals surface area contributed by atoms with E-state index in [9.17, 15) is 5.11 Å². The van der Waals surface area contributed by atoms with Gasteiger partial charge in [-0.2, -0.15) is 0 Å². The van der Waals surface area contributed by atoms with E-state index in [1.807, 2.05) is 6.92 Å². The van der Waals surface area contributed by atoms with Crippen LogP contribution in [0.3, 0.4) is 0 Å². The standard InChI is InChI=1S/C22H45ClO2/c1-6-8-10-13-20(7-2)15-16-21(24)14-11-9-12-17-22(4,5)25-18-19(3)23/h19-21,24H,6-18H2,1-5H3. The lowest BCUT2D eigenvalue weighted by molar-refractivity contribution is -0.0235. The maximum absolute atomic E-state index is 10.2. The number of aliphatic hydroxyl groups excluding tert-OH is 1. The molecule has 0 spiro atoms. The van der Waals surface area contributed by atoms with Gasteiger partial charge in [0.2, 0.25) is 0 Å². The molecule has 3 unspecified atom stereocenters. The molecule has 0 saturated carbocycles. The second-order valence-corrected chi connectivity index (χ2v) is 9.20. The van der Waals surface area contributed by atoms with Crippen molar-refractivity contribution in [3.05, 3.63) is 0 Å². The van der Waals surface area contributed by atoms with Gasteiger partial charge in [0.15, 0.2) is 0 Å². The average molecular weight is 377 g/mol. The van der Waals surface area contributed by atoms with Crippen molar-refractivity contribution >= 4 is 11.6 Å². The van der Waals surface area contributed by atoms with Gasteiger partial charge in [0.1, 0.15) is 0 Å². The van der Waals surface area contributed by atoms with Crippen LogP contribution in [0.1, 0.15) is 112 Å². The molecule has 0 bridgehead atoms. The van der Waals surface area contributed by atoms with Gasteiger partial charge in [-0.05, 0) is 52.4 Å². The van der Waals surface area contributed by atoms with Crippen molar-refractivity contribution in [2.45, 2.75) is 129 Å². The summed E-state index contributed by atoms with van der Waals surface area (Å²) in [6.07, 6.45) is 14.1. The van der Waals surface area contributed by atoms with Crippen molar-refractivity contribution < 1.29 is 9.84 Å². The molecule has 1 N–H and O–H groups in total. The summed E-state index contributed by atoms with van der Waals surface area (Å²) in [7, 11) is 0. The van der Waals surface area contributed by atoms with Crippen molar-refractivity contribution in [3.8, 4) is 0 Å². The zero-order valence-electron chi connectivity index (χ0n) is 17.7. The van der Waals surface area contributed by atoms with E-state index in [1.165, 1.54) is 44.9 Å². The summed E-state index contributed by atoms with van der Waals surface area (Å²) < 4.78 is 5.85. The maximum atomic E-state index is 10.2. The summed E-state index contributed by atoms with van der Waals surface area (Å²) in [5.41, 5.74) is -0.0887. The van der Waals surface area contributed by atoms with E-state index in [4.69, 9.17) is 16.3 Å². The molecule has 3 heteroatoms. The third-order valence-electron chi connectivity index (χ3n) is 5.22. The first-order chi connectivity index (χ1) is 11.8. The minimum absolute atomic E-state index is 0.0725. The normalized spacial score (nSPS) is 16.0. The van der Waals surface area contributed by atoms with Gasteiger partial charge < -0.3 is 9.84 Å². The van der Waals surface area contributed by atoms with Crippen molar-refractivity contribution in [1.82, 2.24) is 0 Å². The Kier molecular flexibility index (Phi) is 15.4. The van der Waals surface area contributed by atoms with Crippen molar-refractivity contribution in [2.24, 2.45) is 5.92 Å². The van der Waals surface area contributed by atoms with E-state index in [1.54, 1.807) is 0 Å². The number of halogens is 1. The summed E-state index contributed by atoms with van der Waals surface area (Å²) in [6.45, 7) is 11.4. The first kappa shape index (κ1) is 25.2. The Bertz CT molecular complexity index is 292. The molecule has 0 saturated heterocycles. The SMILES string of the molecule is CCCCCC(CC)CCC(O)CCCCCC(C)(C)OCC(C)Cl. The summed E-state index contributed by atoms with van der Waals surface area (Å²) in [4.78, 5) is 0. The highest BCUT2D eigenvalue weighted by Gasteiger charge is 2.18. The number of hydrogen-bond donors (Lipinski definition) is 1. The molecule has 0 amide bonds. The molecule has 0 radical (unpaired) electrons. The topological polar surface area (TPSA) is 29.5 Å². The number of aliphatic hydroxyl groups is 1. The van der Waals surface area contributed by atoms with Gasteiger partial charge in [0.05, 0.1) is 23.7 Å². The Labute approximate surface area is 163 Å². The fraction of sp³-hybridized carbons (Fsp3) is 1.00. The van der Waals surface area contributed by atoms with Crippen LogP contribution in [0.2, 0.25) is 0 Å². The predicted molar refractivity (Wildman–Crippen MR) is 112 cm³/mol. The van der Waals surface area contributed by atoms with Gasteiger partial charge in [0.25, 0.3) is 0 Å². The van der Waals surface area contributed by atoms with E-state index >= 15 is 0 Å². The van der Waals surface area contributed by atoms with E-state index < -0.39 is 0 Å². The highest BCUT2D eigenvalue weighted by Crippen LogP contribution is 2.23. The van der Waals surface area contributed by atoms with Crippen molar-refractivity contribution in [3.63, 3.8) is 0 Å². The Balaban J connectivity index is 3.70. The maximum Gasteiger partial charge on any atom is 0.0634 e. The summed E-state index contributed by atoms with van der Waals surface area (Å²) in [5, 5.41) is 10.3. The van der Waals surface area contributed by atoms with Crippen LogP contribution in [-0.2, 0) is 4.74 Å². The Morgan fingerprint density at radius 1 is 0.920 bits per heavy atom. The smallest absolute Gasteiger partial charge is 0.0634 e. The highest BCUT2D eigenvalue weighted by atomic mass is 35.5. The van der Waals surface area contributed by atoms with Gasteiger partial charge in [-0.1, -0.05) is 65.2 Å². The summed E-state index contributed by atoms with van der Waals surface area (Å²) in [6, 6.07) is 0. The molecular formula is C22H45ClO2. The van der Waals surface area contributed by atoms with Crippen LogP contribution in [0.25, 0.3) is 0 Å². The molecule has 25 heavy (non-hydrogen) atoms. The van der Waals surface area contributed by atoms with E-state index in [-0.39, 0.29) is 17.1 Å². The van der Waals surface area contributed by atoms with Crippen LogP contribution in [0.15, 0.2) is 0 Å². The van der Waals surface area contributed by atoms with Crippen LogP contribution < -0.4 is 0 Å². The lowest BCUT2D eigenvalue weighted by atomic mass is 9.91. The predicted octanol–water partition coefficient (Wildman–Crippen LogP) is 7.11. The molecular weight excluding hydrogens is 332 g/mol. The van der Waals surface area contributed by atoms with E-state index in [0.29, 0.717) is 6.61 Å². The largest absolute Gasteiger partial charge is 0.393 e. The molecule has 0 fully saturated rings. The molecule has 0 aliphatic carbocycles. The molecule has 0 aromatic heterocycles. The number of alkyl halides is 1. The third kappa shape index (κ3) is 16.1. The molecule has 2 nitrogen and oxygen atoms in total. The quantitative estimate of drug-likeness (QED) is 0.216. The third-order valence-corrected chi connectivity index (χ3v) is 5.35. The van der Waals surface area contributed by atoms with E-state index in [2.05, 4.69) is 27.7 Å². The molecule has 3 atom stereocenters. The van der Waals surface area contributed by atoms with Crippen molar-refractivity contribution in [1.29, 1.82) is 0 Å². The monoisotopic (exact) mass is 376 g/mol. The molecule has 0 aliphatic heterocycles. The number of ether oxygens (including phenoxy) is 1. The Morgan fingerprint density at radius 3 is 2.20 bits per heavy atom. The van der Waals surface area contributed by atoms with Crippen LogP contribution in [0.4, 0.5) is 0 Å². The van der Waals surface area contributed by atoms with Crippen molar-refractivity contribution in [2.75, 3.05) is 6.61 Å². The fourth-order valence-corrected chi connectivity index (χ4v) is 3.39. The molecule has 0 rings (SSSR count). The lowest BCUT2D eigenvalue weighted by Gasteiger charge is -2.26. The second-order valence-electron chi connectivity index (χ2n) is 8.45. The van der Waals surface area contributed by atoms with Crippen LogP contribution in [0.5, 0.6) is 0 Å².